The fourth-order valence-electron chi connectivity index (χ4n) is 4.72. The van der Waals surface area contributed by atoms with Crippen molar-refractivity contribution < 1.29 is 27.8 Å². The van der Waals surface area contributed by atoms with Gasteiger partial charge in [0, 0.05) is 33.4 Å². The van der Waals surface area contributed by atoms with Crippen LogP contribution >= 0.6 is 0 Å². The predicted octanol–water partition coefficient (Wildman–Crippen LogP) is 5.49. The molecule has 0 aliphatic heterocycles. The molecule has 0 saturated carbocycles. The van der Waals surface area contributed by atoms with E-state index in [1.54, 1.807) is 39.8 Å². The van der Waals surface area contributed by atoms with Crippen LogP contribution in [-0.2, 0) is 19.1 Å². The van der Waals surface area contributed by atoms with Crippen LogP contribution in [0.3, 0.4) is 0 Å². The second-order valence-electron chi connectivity index (χ2n) is 8.44. The SMILES string of the molecule is CCOC(=O)/C(C)=C1/c2cc(F)ccc2-c2nc3c(nc21)-c1ccc(F)cc1/C3=C(/C)C(=O)OCC. The fraction of sp³-hybridized carbons (Fsp3) is 0.214. The molecule has 0 amide bonds. The standard InChI is InChI=1S/C28H22F2N2O4/c1-5-35-27(33)13(3)21-19-11-15(29)7-9-17(19)23-25(21)31-24-18-10-8-16(30)12-20(18)22(26(24)32-23)14(4)28(34)36-6-2/h7-12H,5-6H2,1-4H3/b21-13-,22-14+. The minimum Gasteiger partial charge on any atom is -0.463 e. The quantitative estimate of drug-likeness (QED) is 0.246. The maximum Gasteiger partial charge on any atom is 0.334 e. The van der Waals surface area contributed by atoms with Gasteiger partial charge in [-0.1, -0.05) is 0 Å². The van der Waals surface area contributed by atoms with Crippen molar-refractivity contribution in [3.05, 3.63) is 81.7 Å². The van der Waals surface area contributed by atoms with Crippen LogP contribution in [0.5, 0.6) is 0 Å². The Morgan fingerprint density at radius 1 is 0.667 bits per heavy atom. The van der Waals surface area contributed by atoms with Crippen LogP contribution in [0.25, 0.3) is 33.7 Å². The number of halogens is 2. The van der Waals surface area contributed by atoms with Crippen LogP contribution in [0.4, 0.5) is 8.78 Å². The summed E-state index contributed by atoms with van der Waals surface area (Å²) in [6.07, 6.45) is 0. The van der Waals surface area contributed by atoms with Crippen molar-refractivity contribution in [2.45, 2.75) is 27.7 Å². The third kappa shape index (κ3) is 3.52. The van der Waals surface area contributed by atoms with E-state index in [-0.39, 0.29) is 24.4 Å². The second-order valence-corrected chi connectivity index (χ2v) is 8.44. The molecule has 0 bridgehead atoms. The molecule has 182 valence electrons. The van der Waals surface area contributed by atoms with Crippen molar-refractivity contribution in [3.8, 4) is 22.5 Å². The normalized spacial score (nSPS) is 15.5. The molecule has 0 N–H and O–H groups in total. The number of fused-ring (bicyclic) bond motifs is 6. The van der Waals surface area contributed by atoms with Gasteiger partial charge in [-0.3, -0.25) is 0 Å². The lowest BCUT2D eigenvalue weighted by molar-refractivity contribution is -0.139. The smallest absolute Gasteiger partial charge is 0.334 e. The third-order valence-electron chi connectivity index (χ3n) is 6.29. The number of esters is 2. The number of carbonyl (C=O) groups excluding carboxylic acids is 2. The number of hydrogen-bond donors (Lipinski definition) is 0. The number of hydrogen-bond acceptors (Lipinski definition) is 6. The van der Waals surface area contributed by atoms with E-state index in [2.05, 4.69) is 0 Å². The highest BCUT2D eigenvalue weighted by atomic mass is 19.1. The molecule has 0 unspecified atom stereocenters. The minimum atomic E-state index is -0.543. The molecule has 0 saturated heterocycles. The zero-order chi connectivity index (χ0) is 25.7. The average Bonchev–Trinajstić information content (AvgIpc) is 3.32. The van der Waals surface area contributed by atoms with Gasteiger partial charge in [0.2, 0.25) is 0 Å². The average molecular weight is 488 g/mol. The molecule has 6 nitrogen and oxygen atoms in total. The molecule has 0 fully saturated rings. The van der Waals surface area contributed by atoms with Crippen molar-refractivity contribution in [1.82, 2.24) is 9.97 Å². The molecule has 0 spiro atoms. The van der Waals surface area contributed by atoms with E-state index in [9.17, 15) is 18.4 Å². The van der Waals surface area contributed by atoms with Crippen LogP contribution < -0.4 is 0 Å². The van der Waals surface area contributed by atoms with E-state index in [0.29, 0.717) is 56.2 Å². The molecule has 5 rings (SSSR count). The van der Waals surface area contributed by atoms with Crippen LogP contribution in [0.15, 0.2) is 47.5 Å². The Hall–Kier alpha value is -4.20. The van der Waals surface area contributed by atoms with E-state index in [1.165, 1.54) is 24.3 Å². The maximum atomic E-state index is 14.3. The fourth-order valence-corrected chi connectivity index (χ4v) is 4.72. The largest absolute Gasteiger partial charge is 0.463 e. The molecule has 36 heavy (non-hydrogen) atoms. The first-order chi connectivity index (χ1) is 17.3. The monoisotopic (exact) mass is 488 g/mol. The third-order valence-corrected chi connectivity index (χ3v) is 6.29. The summed E-state index contributed by atoms with van der Waals surface area (Å²) in [5.41, 5.74) is 5.20. The van der Waals surface area contributed by atoms with Gasteiger partial charge in [-0.25, -0.2) is 28.3 Å². The van der Waals surface area contributed by atoms with E-state index >= 15 is 0 Å². The van der Waals surface area contributed by atoms with Gasteiger partial charge in [0.05, 0.1) is 36.0 Å². The van der Waals surface area contributed by atoms with E-state index in [1.807, 2.05) is 0 Å². The van der Waals surface area contributed by atoms with E-state index in [4.69, 9.17) is 19.4 Å². The minimum absolute atomic E-state index is 0.183. The number of nitrogens with zero attached hydrogens (tertiary/aromatic N) is 2. The highest BCUT2D eigenvalue weighted by Crippen LogP contribution is 2.50. The topological polar surface area (TPSA) is 78.4 Å². The zero-order valence-electron chi connectivity index (χ0n) is 20.2. The van der Waals surface area contributed by atoms with Crippen molar-refractivity contribution in [1.29, 1.82) is 0 Å². The molecular formula is C28H22F2N2O4. The van der Waals surface area contributed by atoms with Crippen LogP contribution in [0.1, 0.15) is 50.2 Å². The number of rotatable bonds is 4. The molecule has 3 aromatic rings. The van der Waals surface area contributed by atoms with Crippen molar-refractivity contribution >= 4 is 23.1 Å². The Balaban J connectivity index is 1.84. The summed E-state index contributed by atoms with van der Waals surface area (Å²) in [6, 6.07) is 8.46. The molecular weight excluding hydrogens is 466 g/mol. The lowest BCUT2D eigenvalue weighted by Gasteiger charge is -2.10. The van der Waals surface area contributed by atoms with Gasteiger partial charge in [-0.15, -0.1) is 0 Å². The molecule has 1 heterocycles. The summed E-state index contributed by atoms with van der Waals surface area (Å²) in [4.78, 5) is 35.1. The first-order valence-corrected chi connectivity index (χ1v) is 11.6. The van der Waals surface area contributed by atoms with Crippen LogP contribution in [-0.4, -0.2) is 35.1 Å². The van der Waals surface area contributed by atoms with Gasteiger partial charge in [-0.2, -0.15) is 0 Å². The Kier molecular flexibility index (Phi) is 5.74. The number of ether oxygens (including phenoxy) is 2. The number of aromatic nitrogens is 2. The number of carbonyl (C=O) groups is 2. The Morgan fingerprint density at radius 2 is 1.06 bits per heavy atom. The van der Waals surface area contributed by atoms with E-state index in [0.717, 1.165) is 0 Å². The van der Waals surface area contributed by atoms with E-state index < -0.39 is 23.6 Å². The Labute approximate surface area is 206 Å². The maximum absolute atomic E-state index is 14.3. The lowest BCUT2D eigenvalue weighted by Crippen LogP contribution is -2.09. The molecule has 0 atom stereocenters. The lowest BCUT2D eigenvalue weighted by atomic mass is 10.0. The van der Waals surface area contributed by atoms with Gasteiger partial charge in [-0.05, 0) is 75.2 Å². The highest BCUT2D eigenvalue weighted by Gasteiger charge is 2.37. The van der Waals surface area contributed by atoms with Crippen molar-refractivity contribution in [2.24, 2.45) is 0 Å². The van der Waals surface area contributed by atoms with Crippen LogP contribution in [0, 0.1) is 11.6 Å². The predicted molar refractivity (Wildman–Crippen MR) is 129 cm³/mol. The van der Waals surface area contributed by atoms with Crippen molar-refractivity contribution in [3.63, 3.8) is 0 Å². The summed E-state index contributed by atoms with van der Waals surface area (Å²) >= 11 is 0. The molecule has 2 aliphatic rings. The summed E-state index contributed by atoms with van der Waals surface area (Å²) in [6.45, 7) is 6.98. The summed E-state index contributed by atoms with van der Waals surface area (Å²) in [7, 11) is 0. The Bertz CT molecular complexity index is 1420. The van der Waals surface area contributed by atoms with Gasteiger partial charge < -0.3 is 9.47 Å². The molecule has 2 aliphatic carbocycles. The number of benzene rings is 2. The summed E-state index contributed by atoms with van der Waals surface area (Å²) < 4.78 is 39.0. The van der Waals surface area contributed by atoms with Gasteiger partial charge in [0.25, 0.3) is 0 Å². The summed E-state index contributed by atoms with van der Waals surface area (Å²) in [5.74, 6) is -2.02. The zero-order valence-corrected chi connectivity index (χ0v) is 20.2. The molecule has 8 heteroatoms. The van der Waals surface area contributed by atoms with Gasteiger partial charge in [0.1, 0.15) is 11.6 Å². The summed E-state index contributed by atoms with van der Waals surface area (Å²) in [5, 5.41) is 0. The van der Waals surface area contributed by atoms with Crippen molar-refractivity contribution in [2.75, 3.05) is 13.2 Å². The molecule has 1 aromatic heterocycles. The van der Waals surface area contributed by atoms with Gasteiger partial charge in [0.15, 0.2) is 0 Å². The molecule has 0 radical (unpaired) electrons. The Morgan fingerprint density at radius 3 is 1.42 bits per heavy atom. The highest BCUT2D eigenvalue weighted by molar-refractivity contribution is 6.11. The first kappa shape index (κ1) is 23.5. The van der Waals surface area contributed by atoms with Crippen LogP contribution in [0.2, 0.25) is 0 Å². The first-order valence-electron chi connectivity index (χ1n) is 11.6. The van der Waals surface area contributed by atoms with Gasteiger partial charge >= 0.3 is 11.9 Å². The second kappa shape index (κ2) is 8.78. The molecule has 2 aromatic carbocycles.